The third-order valence-corrected chi connectivity index (χ3v) is 3.11. The lowest BCUT2D eigenvalue weighted by Crippen LogP contribution is -2.32. The summed E-state index contributed by atoms with van der Waals surface area (Å²) < 4.78 is 1.93. The average molecular weight is 239 g/mol. The van der Waals surface area contributed by atoms with Crippen LogP contribution in [0.3, 0.4) is 0 Å². The minimum absolute atomic E-state index is 0.279. The van der Waals surface area contributed by atoms with E-state index in [0.717, 1.165) is 31.9 Å². The van der Waals surface area contributed by atoms with Crippen molar-refractivity contribution in [2.24, 2.45) is 11.7 Å². The van der Waals surface area contributed by atoms with E-state index in [0.29, 0.717) is 5.92 Å². The molecule has 1 aromatic heterocycles. The Morgan fingerprint density at radius 3 is 2.76 bits per heavy atom. The molecule has 1 aromatic rings. The summed E-state index contributed by atoms with van der Waals surface area (Å²) in [6.07, 6.45) is 2.64. The van der Waals surface area contributed by atoms with Crippen molar-refractivity contribution in [2.75, 3.05) is 13.6 Å². The van der Waals surface area contributed by atoms with Crippen LogP contribution in [0.5, 0.6) is 0 Å². The zero-order valence-corrected chi connectivity index (χ0v) is 11.4. The van der Waals surface area contributed by atoms with Crippen LogP contribution in [-0.4, -0.2) is 39.3 Å². The Morgan fingerprint density at radius 1 is 1.47 bits per heavy atom. The number of aromatic nitrogens is 3. The van der Waals surface area contributed by atoms with Gasteiger partial charge in [-0.25, -0.2) is 9.67 Å². The number of hydrogen-bond donors (Lipinski definition) is 1. The summed E-state index contributed by atoms with van der Waals surface area (Å²) in [7, 11) is 2.10. The monoisotopic (exact) mass is 239 g/mol. The second kappa shape index (κ2) is 6.71. The Kier molecular flexibility index (Phi) is 5.58. The van der Waals surface area contributed by atoms with E-state index in [1.807, 2.05) is 4.68 Å². The maximum atomic E-state index is 6.03. The third-order valence-electron chi connectivity index (χ3n) is 3.11. The zero-order chi connectivity index (χ0) is 12.8. The van der Waals surface area contributed by atoms with Crippen LogP contribution in [0.25, 0.3) is 0 Å². The molecule has 0 aliphatic carbocycles. The Balaban J connectivity index is 2.37. The molecule has 0 aromatic carbocycles. The smallest absolute Gasteiger partial charge is 0.140 e. The van der Waals surface area contributed by atoms with Crippen LogP contribution in [-0.2, 0) is 13.1 Å². The van der Waals surface area contributed by atoms with Crippen molar-refractivity contribution in [3.63, 3.8) is 0 Å². The largest absolute Gasteiger partial charge is 0.327 e. The number of nitrogens with zero attached hydrogens (tertiary/aromatic N) is 4. The van der Waals surface area contributed by atoms with E-state index in [4.69, 9.17) is 5.73 Å². The van der Waals surface area contributed by atoms with Gasteiger partial charge < -0.3 is 5.73 Å². The van der Waals surface area contributed by atoms with Gasteiger partial charge in [0.1, 0.15) is 12.2 Å². The summed E-state index contributed by atoms with van der Waals surface area (Å²) in [6, 6.07) is 0.279. The molecule has 1 heterocycles. The van der Waals surface area contributed by atoms with Gasteiger partial charge in [0, 0.05) is 12.6 Å². The highest BCUT2D eigenvalue weighted by Gasteiger charge is 2.10. The maximum absolute atomic E-state index is 6.03. The first-order chi connectivity index (χ1) is 8.04. The molecule has 0 fully saturated rings. The molecule has 0 amide bonds. The topological polar surface area (TPSA) is 60.0 Å². The van der Waals surface area contributed by atoms with Crippen molar-refractivity contribution in [3.05, 3.63) is 12.2 Å². The predicted octanol–water partition coefficient (Wildman–Crippen LogP) is 1.10. The summed E-state index contributed by atoms with van der Waals surface area (Å²) in [5.41, 5.74) is 6.03. The zero-order valence-electron chi connectivity index (χ0n) is 11.4. The maximum Gasteiger partial charge on any atom is 0.140 e. The molecule has 17 heavy (non-hydrogen) atoms. The van der Waals surface area contributed by atoms with Crippen molar-refractivity contribution < 1.29 is 0 Å². The van der Waals surface area contributed by atoms with Gasteiger partial charge in [0.15, 0.2) is 0 Å². The summed E-state index contributed by atoms with van der Waals surface area (Å²) in [5, 5.41) is 4.17. The van der Waals surface area contributed by atoms with Crippen LogP contribution in [0.4, 0.5) is 0 Å². The van der Waals surface area contributed by atoms with Gasteiger partial charge in [-0.1, -0.05) is 13.8 Å². The Labute approximate surface area is 104 Å². The molecule has 0 spiro atoms. The number of hydrogen-bond acceptors (Lipinski definition) is 4. The highest BCUT2D eigenvalue weighted by atomic mass is 15.3. The fourth-order valence-electron chi connectivity index (χ4n) is 1.70. The van der Waals surface area contributed by atoms with Crippen LogP contribution < -0.4 is 5.73 Å². The van der Waals surface area contributed by atoms with E-state index in [2.05, 4.69) is 42.8 Å². The minimum atomic E-state index is 0.279. The Morgan fingerprint density at radius 2 is 2.18 bits per heavy atom. The Hall–Kier alpha value is -0.940. The van der Waals surface area contributed by atoms with Gasteiger partial charge in [0.05, 0.1) is 6.54 Å². The van der Waals surface area contributed by atoms with Crippen LogP contribution in [0.2, 0.25) is 0 Å². The molecule has 98 valence electrons. The SMILES string of the molecule is CCn1ncnc1CN(C)CCC(N)C(C)C. The summed E-state index contributed by atoms with van der Waals surface area (Å²) in [5.74, 6) is 1.57. The van der Waals surface area contributed by atoms with Gasteiger partial charge in [-0.3, -0.25) is 4.90 Å². The minimum Gasteiger partial charge on any atom is -0.327 e. The van der Waals surface area contributed by atoms with Crippen LogP contribution in [0, 0.1) is 5.92 Å². The van der Waals surface area contributed by atoms with Crippen molar-refractivity contribution in [1.82, 2.24) is 19.7 Å². The van der Waals surface area contributed by atoms with Crippen molar-refractivity contribution in [3.8, 4) is 0 Å². The van der Waals surface area contributed by atoms with E-state index in [1.165, 1.54) is 0 Å². The highest BCUT2D eigenvalue weighted by Crippen LogP contribution is 2.05. The molecular weight excluding hydrogens is 214 g/mol. The lowest BCUT2D eigenvalue weighted by molar-refractivity contribution is 0.285. The van der Waals surface area contributed by atoms with Crippen molar-refractivity contribution >= 4 is 0 Å². The molecular formula is C12H25N5. The lowest BCUT2D eigenvalue weighted by atomic mass is 10.0. The third kappa shape index (κ3) is 4.44. The molecule has 0 saturated carbocycles. The standard InChI is InChI=1S/C12H25N5/c1-5-17-12(14-9-15-17)8-16(4)7-6-11(13)10(2)3/h9-11H,5-8,13H2,1-4H3. The summed E-state index contributed by atoms with van der Waals surface area (Å²) in [6.45, 7) is 9.10. The number of aryl methyl sites for hydroxylation is 1. The van der Waals surface area contributed by atoms with Gasteiger partial charge >= 0.3 is 0 Å². The molecule has 2 N–H and O–H groups in total. The van der Waals surface area contributed by atoms with Crippen molar-refractivity contribution in [2.45, 2.75) is 46.3 Å². The number of nitrogens with two attached hydrogens (primary N) is 1. The van der Waals surface area contributed by atoms with E-state index in [-0.39, 0.29) is 6.04 Å². The molecule has 0 aliphatic heterocycles. The molecule has 1 atom stereocenters. The predicted molar refractivity (Wildman–Crippen MR) is 69.5 cm³/mol. The van der Waals surface area contributed by atoms with E-state index in [9.17, 15) is 0 Å². The first-order valence-corrected chi connectivity index (χ1v) is 6.35. The van der Waals surface area contributed by atoms with Crippen LogP contribution >= 0.6 is 0 Å². The molecule has 5 nitrogen and oxygen atoms in total. The lowest BCUT2D eigenvalue weighted by Gasteiger charge is -2.21. The average Bonchev–Trinajstić information content (AvgIpc) is 2.72. The van der Waals surface area contributed by atoms with E-state index < -0.39 is 0 Å². The van der Waals surface area contributed by atoms with Gasteiger partial charge in [-0.2, -0.15) is 5.10 Å². The van der Waals surface area contributed by atoms with Gasteiger partial charge in [0.2, 0.25) is 0 Å². The molecule has 5 heteroatoms. The first kappa shape index (κ1) is 14.1. The van der Waals surface area contributed by atoms with E-state index in [1.54, 1.807) is 6.33 Å². The van der Waals surface area contributed by atoms with Crippen LogP contribution in [0.1, 0.15) is 33.0 Å². The Bertz CT molecular complexity index is 320. The van der Waals surface area contributed by atoms with Gasteiger partial charge in [-0.05, 0) is 32.9 Å². The van der Waals surface area contributed by atoms with Crippen molar-refractivity contribution in [1.29, 1.82) is 0 Å². The highest BCUT2D eigenvalue weighted by molar-refractivity contribution is 4.84. The second-order valence-corrected chi connectivity index (χ2v) is 4.93. The molecule has 0 bridgehead atoms. The molecule has 0 aliphatic rings. The van der Waals surface area contributed by atoms with Crippen LogP contribution in [0.15, 0.2) is 6.33 Å². The fourth-order valence-corrected chi connectivity index (χ4v) is 1.70. The number of rotatable bonds is 7. The first-order valence-electron chi connectivity index (χ1n) is 6.35. The van der Waals surface area contributed by atoms with Gasteiger partial charge in [0.25, 0.3) is 0 Å². The summed E-state index contributed by atoms with van der Waals surface area (Å²) >= 11 is 0. The quantitative estimate of drug-likeness (QED) is 0.774. The molecule has 0 saturated heterocycles. The fraction of sp³-hybridized carbons (Fsp3) is 0.833. The summed E-state index contributed by atoms with van der Waals surface area (Å²) in [4.78, 5) is 6.52. The normalized spacial score (nSPS) is 13.6. The molecule has 1 rings (SSSR count). The van der Waals surface area contributed by atoms with Gasteiger partial charge in [-0.15, -0.1) is 0 Å². The molecule has 0 radical (unpaired) electrons. The van der Waals surface area contributed by atoms with E-state index >= 15 is 0 Å². The second-order valence-electron chi connectivity index (χ2n) is 4.93. The molecule has 1 unspecified atom stereocenters.